The van der Waals surface area contributed by atoms with Crippen molar-refractivity contribution in [3.05, 3.63) is 53.1 Å². The molecule has 2 aliphatic carbocycles. The zero-order valence-electron chi connectivity index (χ0n) is 8.62. The van der Waals surface area contributed by atoms with Gasteiger partial charge in [-0.1, -0.05) is 48.9 Å². The SMILES string of the molecule is CC1=CC2C(=C1)c1ccccc1C2C. The van der Waals surface area contributed by atoms with E-state index < -0.39 is 0 Å². The average molecular weight is 182 g/mol. The van der Waals surface area contributed by atoms with Crippen LogP contribution in [0.5, 0.6) is 0 Å². The highest BCUT2D eigenvalue weighted by Gasteiger charge is 2.33. The summed E-state index contributed by atoms with van der Waals surface area (Å²) < 4.78 is 0. The molecule has 70 valence electrons. The molecule has 0 radical (unpaired) electrons. The zero-order chi connectivity index (χ0) is 9.71. The molecule has 0 spiro atoms. The lowest BCUT2D eigenvalue weighted by molar-refractivity contribution is 0.698. The first-order valence-corrected chi connectivity index (χ1v) is 5.26. The van der Waals surface area contributed by atoms with Crippen molar-refractivity contribution in [3.8, 4) is 0 Å². The molecule has 1 aromatic carbocycles. The minimum atomic E-state index is 0.646. The van der Waals surface area contributed by atoms with Crippen molar-refractivity contribution in [1.29, 1.82) is 0 Å². The highest BCUT2D eigenvalue weighted by Crippen LogP contribution is 2.49. The Morgan fingerprint density at radius 1 is 1.14 bits per heavy atom. The molecule has 0 amide bonds. The molecule has 0 aromatic heterocycles. The molecule has 0 fully saturated rings. The van der Waals surface area contributed by atoms with Crippen LogP contribution >= 0.6 is 0 Å². The summed E-state index contributed by atoms with van der Waals surface area (Å²) in [5.74, 6) is 1.31. The lowest BCUT2D eigenvalue weighted by Crippen LogP contribution is -1.97. The Morgan fingerprint density at radius 3 is 2.79 bits per heavy atom. The van der Waals surface area contributed by atoms with E-state index in [2.05, 4.69) is 50.3 Å². The summed E-state index contributed by atoms with van der Waals surface area (Å²) in [6, 6.07) is 8.81. The van der Waals surface area contributed by atoms with Crippen LogP contribution in [0, 0.1) is 5.92 Å². The van der Waals surface area contributed by atoms with Gasteiger partial charge in [-0.15, -0.1) is 0 Å². The summed E-state index contributed by atoms with van der Waals surface area (Å²) in [6.45, 7) is 4.53. The van der Waals surface area contributed by atoms with Gasteiger partial charge in [-0.2, -0.15) is 0 Å². The molecular formula is C14H14. The van der Waals surface area contributed by atoms with E-state index in [1.54, 1.807) is 0 Å². The summed E-state index contributed by atoms with van der Waals surface area (Å²) in [5.41, 5.74) is 5.95. The molecule has 3 rings (SSSR count). The van der Waals surface area contributed by atoms with Crippen LogP contribution in [-0.2, 0) is 0 Å². The predicted octanol–water partition coefficient (Wildman–Crippen LogP) is 3.76. The summed E-state index contributed by atoms with van der Waals surface area (Å²) in [5, 5.41) is 0. The molecule has 0 bridgehead atoms. The minimum Gasteiger partial charge on any atom is -0.0734 e. The topological polar surface area (TPSA) is 0 Å². The smallest absolute Gasteiger partial charge is 0.00961 e. The van der Waals surface area contributed by atoms with Gasteiger partial charge in [0.2, 0.25) is 0 Å². The van der Waals surface area contributed by atoms with Crippen molar-refractivity contribution in [2.45, 2.75) is 19.8 Å². The number of allylic oxidation sites excluding steroid dienone is 4. The number of rotatable bonds is 0. The van der Waals surface area contributed by atoms with Crippen molar-refractivity contribution in [2.24, 2.45) is 5.92 Å². The van der Waals surface area contributed by atoms with Crippen LogP contribution in [0.1, 0.15) is 30.9 Å². The summed E-state index contributed by atoms with van der Waals surface area (Å²) in [6.07, 6.45) is 4.74. The fourth-order valence-electron chi connectivity index (χ4n) is 2.78. The van der Waals surface area contributed by atoms with Crippen LogP contribution in [0.2, 0.25) is 0 Å². The van der Waals surface area contributed by atoms with Gasteiger partial charge in [0.1, 0.15) is 0 Å². The van der Waals surface area contributed by atoms with Gasteiger partial charge in [0, 0.05) is 5.92 Å². The number of hydrogen-bond donors (Lipinski definition) is 0. The lowest BCUT2D eigenvalue weighted by atomic mass is 9.94. The van der Waals surface area contributed by atoms with Gasteiger partial charge in [0.05, 0.1) is 0 Å². The Morgan fingerprint density at radius 2 is 1.93 bits per heavy atom. The third kappa shape index (κ3) is 0.886. The summed E-state index contributed by atoms with van der Waals surface area (Å²) >= 11 is 0. The molecule has 2 atom stereocenters. The Labute approximate surface area is 85.0 Å². The maximum Gasteiger partial charge on any atom is 0.00961 e. The Balaban J connectivity index is 2.22. The number of benzene rings is 1. The van der Waals surface area contributed by atoms with Crippen molar-refractivity contribution in [3.63, 3.8) is 0 Å². The molecule has 0 aliphatic heterocycles. The number of fused-ring (bicyclic) bond motifs is 3. The lowest BCUT2D eigenvalue weighted by Gasteiger charge is -2.09. The van der Waals surface area contributed by atoms with E-state index in [0.717, 1.165) is 0 Å². The molecule has 0 N–H and O–H groups in total. The van der Waals surface area contributed by atoms with E-state index >= 15 is 0 Å². The maximum atomic E-state index is 2.40. The predicted molar refractivity (Wildman–Crippen MR) is 60.1 cm³/mol. The normalized spacial score (nSPS) is 28.1. The van der Waals surface area contributed by atoms with E-state index in [1.807, 2.05) is 0 Å². The second-order valence-corrected chi connectivity index (χ2v) is 4.41. The second-order valence-electron chi connectivity index (χ2n) is 4.41. The van der Waals surface area contributed by atoms with Crippen molar-refractivity contribution < 1.29 is 0 Å². The molecule has 2 aliphatic rings. The zero-order valence-corrected chi connectivity index (χ0v) is 8.62. The molecule has 0 saturated carbocycles. The van der Waals surface area contributed by atoms with E-state index in [4.69, 9.17) is 0 Å². The van der Waals surface area contributed by atoms with E-state index in [-0.39, 0.29) is 0 Å². The van der Waals surface area contributed by atoms with Gasteiger partial charge >= 0.3 is 0 Å². The highest BCUT2D eigenvalue weighted by atomic mass is 14.4. The van der Waals surface area contributed by atoms with E-state index in [9.17, 15) is 0 Å². The third-order valence-corrected chi connectivity index (χ3v) is 3.49. The van der Waals surface area contributed by atoms with Gasteiger partial charge < -0.3 is 0 Å². The largest absolute Gasteiger partial charge is 0.0734 e. The first-order valence-electron chi connectivity index (χ1n) is 5.26. The first kappa shape index (κ1) is 8.05. The molecule has 1 aromatic rings. The minimum absolute atomic E-state index is 0.646. The van der Waals surface area contributed by atoms with Crippen molar-refractivity contribution in [2.75, 3.05) is 0 Å². The van der Waals surface area contributed by atoms with Gasteiger partial charge in [-0.3, -0.25) is 0 Å². The van der Waals surface area contributed by atoms with Crippen LogP contribution in [0.4, 0.5) is 0 Å². The summed E-state index contributed by atoms with van der Waals surface area (Å²) in [4.78, 5) is 0. The Kier molecular flexibility index (Phi) is 1.49. The molecular weight excluding hydrogens is 168 g/mol. The van der Waals surface area contributed by atoms with Gasteiger partial charge in [-0.05, 0) is 29.5 Å². The van der Waals surface area contributed by atoms with Crippen LogP contribution < -0.4 is 0 Å². The first-order chi connectivity index (χ1) is 6.77. The van der Waals surface area contributed by atoms with Gasteiger partial charge in [-0.25, -0.2) is 0 Å². The molecule has 14 heavy (non-hydrogen) atoms. The van der Waals surface area contributed by atoms with Crippen LogP contribution in [0.25, 0.3) is 5.57 Å². The van der Waals surface area contributed by atoms with Gasteiger partial charge in [0.25, 0.3) is 0 Å². The monoisotopic (exact) mass is 182 g/mol. The third-order valence-electron chi connectivity index (χ3n) is 3.49. The molecule has 0 saturated heterocycles. The standard InChI is InChI=1S/C14H14/c1-9-7-13-10(2)11-5-3-4-6-12(11)14(13)8-9/h3-8,10,13H,1-2H3. The maximum absolute atomic E-state index is 2.40. The number of hydrogen-bond acceptors (Lipinski definition) is 0. The Hall–Kier alpha value is -1.30. The Bertz CT molecular complexity index is 449. The van der Waals surface area contributed by atoms with Crippen LogP contribution in [-0.4, -0.2) is 0 Å². The van der Waals surface area contributed by atoms with Crippen LogP contribution in [0.15, 0.2) is 42.0 Å². The van der Waals surface area contributed by atoms with E-state index in [1.165, 1.54) is 22.3 Å². The van der Waals surface area contributed by atoms with Crippen molar-refractivity contribution >= 4 is 5.57 Å². The molecule has 0 nitrogen and oxygen atoms in total. The highest BCUT2D eigenvalue weighted by molar-refractivity contribution is 5.81. The molecule has 2 unspecified atom stereocenters. The van der Waals surface area contributed by atoms with Gasteiger partial charge in [0.15, 0.2) is 0 Å². The van der Waals surface area contributed by atoms with Crippen molar-refractivity contribution in [1.82, 2.24) is 0 Å². The molecule has 0 heterocycles. The fraction of sp³-hybridized carbons (Fsp3) is 0.286. The van der Waals surface area contributed by atoms with E-state index in [0.29, 0.717) is 11.8 Å². The molecule has 0 heteroatoms. The van der Waals surface area contributed by atoms with Crippen LogP contribution in [0.3, 0.4) is 0 Å². The fourth-order valence-corrected chi connectivity index (χ4v) is 2.78. The summed E-state index contributed by atoms with van der Waals surface area (Å²) in [7, 11) is 0. The average Bonchev–Trinajstić information content (AvgIpc) is 2.68. The second kappa shape index (κ2) is 2.60. The quantitative estimate of drug-likeness (QED) is 0.573.